The Hall–Kier alpha value is -2.67. The summed E-state index contributed by atoms with van der Waals surface area (Å²) in [6.07, 6.45) is 3.73. The lowest BCUT2D eigenvalue weighted by molar-refractivity contribution is 0.0933. The van der Waals surface area contributed by atoms with Crippen LogP contribution in [0.15, 0.2) is 30.5 Å². The Balaban J connectivity index is 1.48. The van der Waals surface area contributed by atoms with Crippen LogP contribution in [0.1, 0.15) is 53.9 Å². The number of imidazole rings is 2. The number of H-pyrrole nitrogens is 1. The second-order valence-corrected chi connectivity index (χ2v) is 6.92. The summed E-state index contributed by atoms with van der Waals surface area (Å²) < 4.78 is 2.02. The number of aromatic amines is 1. The molecular formula is C19H24N6O. The smallest absolute Gasteiger partial charge is 0.269 e. The summed E-state index contributed by atoms with van der Waals surface area (Å²) in [4.78, 5) is 24.9. The van der Waals surface area contributed by atoms with E-state index in [0.717, 1.165) is 48.6 Å². The Bertz CT molecular complexity index is 921. The van der Waals surface area contributed by atoms with E-state index in [1.54, 1.807) is 6.20 Å². The lowest BCUT2D eigenvalue weighted by atomic mass is 9.98. The molecular weight excluding hydrogens is 328 g/mol. The fourth-order valence-corrected chi connectivity index (χ4v) is 3.65. The summed E-state index contributed by atoms with van der Waals surface area (Å²) in [7, 11) is 1.97. The van der Waals surface area contributed by atoms with Crippen LogP contribution in [0.4, 0.5) is 0 Å². The number of rotatable bonds is 4. The van der Waals surface area contributed by atoms with Gasteiger partial charge in [0, 0.05) is 13.0 Å². The second kappa shape index (κ2) is 6.92. The number of piperidine rings is 1. The molecule has 7 heteroatoms. The molecule has 26 heavy (non-hydrogen) atoms. The zero-order valence-electron chi connectivity index (χ0n) is 15.1. The molecule has 3 N–H and O–H groups in total. The summed E-state index contributed by atoms with van der Waals surface area (Å²) in [6.45, 7) is 3.94. The molecule has 1 saturated heterocycles. The van der Waals surface area contributed by atoms with Crippen molar-refractivity contribution in [2.24, 2.45) is 7.05 Å². The van der Waals surface area contributed by atoms with Crippen LogP contribution in [-0.4, -0.2) is 38.5 Å². The second-order valence-electron chi connectivity index (χ2n) is 6.92. The SMILES string of the molecule is CC(NC(=O)c1cnc(C2CCNCC2)[nH]1)c1nc2ccccc2n1C. The Labute approximate surface area is 152 Å². The number of carbonyl (C=O) groups excluding carboxylic acids is 1. The van der Waals surface area contributed by atoms with Crippen molar-refractivity contribution in [3.8, 4) is 0 Å². The van der Waals surface area contributed by atoms with Gasteiger partial charge in [0.1, 0.15) is 17.3 Å². The molecule has 3 aromatic rings. The van der Waals surface area contributed by atoms with Gasteiger partial charge in [0.15, 0.2) is 0 Å². The van der Waals surface area contributed by atoms with Gasteiger partial charge in [-0.3, -0.25) is 4.79 Å². The van der Waals surface area contributed by atoms with E-state index in [4.69, 9.17) is 0 Å². The van der Waals surface area contributed by atoms with Crippen molar-refractivity contribution in [2.45, 2.75) is 31.7 Å². The van der Waals surface area contributed by atoms with Gasteiger partial charge in [0.25, 0.3) is 5.91 Å². The van der Waals surface area contributed by atoms with Crippen LogP contribution in [0.2, 0.25) is 0 Å². The topological polar surface area (TPSA) is 87.6 Å². The summed E-state index contributed by atoms with van der Waals surface area (Å²) in [5.74, 6) is 1.98. The monoisotopic (exact) mass is 352 g/mol. The van der Waals surface area contributed by atoms with E-state index in [2.05, 4.69) is 25.6 Å². The zero-order chi connectivity index (χ0) is 18.1. The number of carbonyl (C=O) groups is 1. The van der Waals surface area contributed by atoms with Crippen LogP contribution in [0.5, 0.6) is 0 Å². The van der Waals surface area contributed by atoms with Crippen molar-refractivity contribution in [1.29, 1.82) is 0 Å². The third-order valence-corrected chi connectivity index (χ3v) is 5.12. The lowest BCUT2D eigenvalue weighted by Crippen LogP contribution is -2.29. The molecule has 1 fully saturated rings. The van der Waals surface area contributed by atoms with Crippen LogP contribution in [0, 0.1) is 0 Å². The maximum atomic E-state index is 12.6. The van der Waals surface area contributed by atoms with Crippen LogP contribution in [0.3, 0.4) is 0 Å². The first-order chi connectivity index (χ1) is 12.6. The molecule has 7 nitrogen and oxygen atoms in total. The lowest BCUT2D eigenvalue weighted by Gasteiger charge is -2.20. The molecule has 0 bridgehead atoms. The van der Waals surface area contributed by atoms with Crippen molar-refractivity contribution in [3.63, 3.8) is 0 Å². The van der Waals surface area contributed by atoms with E-state index in [-0.39, 0.29) is 11.9 Å². The van der Waals surface area contributed by atoms with Crippen molar-refractivity contribution in [3.05, 3.63) is 47.8 Å². The molecule has 1 aliphatic rings. The first-order valence-electron chi connectivity index (χ1n) is 9.11. The maximum Gasteiger partial charge on any atom is 0.269 e. The summed E-state index contributed by atoms with van der Waals surface area (Å²) in [5.41, 5.74) is 2.49. The van der Waals surface area contributed by atoms with Gasteiger partial charge in [-0.2, -0.15) is 0 Å². The van der Waals surface area contributed by atoms with Crippen LogP contribution in [-0.2, 0) is 7.05 Å². The van der Waals surface area contributed by atoms with Gasteiger partial charge in [-0.15, -0.1) is 0 Å². The first-order valence-corrected chi connectivity index (χ1v) is 9.11. The van der Waals surface area contributed by atoms with E-state index >= 15 is 0 Å². The minimum Gasteiger partial charge on any atom is -0.341 e. The Morgan fingerprint density at radius 2 is 2.08 bits per heavy atom. The van der Waals surface area contributed by atoms with E-state index in [9.17, 15) is 4.79 Å². The van der Waals surface area contributed by atoms with Crippen LogP contribution < -0.4 is 10.6 Å². The normalized spacial score (nSPS) is 16.7. The molecule has 1 unspecified atom stereocenters. The number of amides is 1. The van der Waals surface area contributed by atoms with Crippen molar-refractivity contribution in [2.75, 3.05) is 13.1 Å². The third-order valence-electron chi connectivity index (χ3n) is 5.12. The first kappa shape index (κ1) is 16.8. The standard InChI is InChI=1S/C19H24N6O/c1-12(18-24-14-5-3-4-6-16(14)25(18)2)22-19(26)15-11-21-17(23-15)13-7-9-20-10-8-13/h3-6,11-13,20H,7-10H2,1-2H3,(H,21,23)(H,22,26). The molecule has 136 valence electrons. The summed E-state index contributed by atoms with van der Waals surface area (Å²) >= 11 is 0. The van der Waals surface area contributed by atoms with Gasteiger partial charge in [-0.1, -0.05) is 12.1 Å². The van der Waals surface area contributed by atoms with Gasteiger partial charge < -0.3 is 20.2 Å². The molecule has 0 aliphatic carbocycles. The van der Waals surface area contributed by atoms with Crippen molar-refractivity contribution >= 4 is 16.9 Å². The number of hydrogen-bond donors (Lipinski definition) is 3. The van der Waals surface area contributed by atoms with Crippen LogP contribution in [0.25, 0.3) is 11.0 Å². The average molecular weight is 352 g/mol. The summed E-state index contributed by atoms with van der Waals surface area (Å²) in [5, 5.41) is 6.37. The average Bonchev–Trinajstić information content (AvgIpc) is 3.28. The number of hydrogen-bond acceptors (Lipinski definition) is 4. The zero-order valence-corrected chi connectivity index (χ0v) is 15.1. The highest BCUT2D eigenvalue weighted by Crippen LogP contribution is 2.23. The predicted octanol–water partition coefficient (Wildman–Crippen LogP) is 2.25. The van der Waals surface area contributed by atoms with Crippen molar-refractivity contribution < 1.29 is 4.79 Å². The van der Waals surface area contributed by atoms with E-state index in [0.29, 0.717) is 11.6 Å². The predicted molar refractivity (Wildman–Crippen MR) is 100 cm³/mol. The largest absolute Gasteiger partial charge is 0.341 e. The molecule has 1 atom stereocenters. The number of aromatic nitrogens is 4. The molecule has 1 amide bonds. The molecule has 0 spiro atoms. The minimum atomic E-state index is -0.203. The third kappa shape index (κ3) is 3.10. The number of fused-ring (bicyclic) bond motifs is 1. The molecule has 0 radical (unpaired) electrons. The van der Waals surface area contributed by atoms with Gasteiger partial charge in [-0.25, -0.2) is 9.97 Å². The van der Waals surface area contributed by atoms with E-state index in [1.165, 1.54) is 0 Å². The number of para-hydroxylation sites is 2. The van der Waals surface area contributed by atoms with Gasteiger partial charge >= 0.3 is 0 Å². The molecule has 2 aromatic heterocycles. The number of nitrogens with zero attached hydrogens (tertiary/aromatic N) is 3. The molecule has 1 aromatic carbocycles. The number of benzene rings is 1. The molecule has 1 aliphatic heterocycles. The highest BCUT2D eigenvalue weighted by Gasteiger charge is 2.21. The number of nitrogens with one attached hydrogen (secondary N) is 3. The quantitative estimate of drug-likeness (QED) is 0.672. The minimum absolute atomic E-state index is 0.155. The van der Waals surface area contributed by atoms with Crippen LogP contribution >= 0.6 is 0 Å². The van der Waals surface area contributed by atoms with Gasteiger partial charge in [0.05, 0.1) is 23.3 Å². The fraction of sp³-hybridized carbons (Fsp3) is 0.421. The maximum absolute atomic E-state index is 12.6. The van der Waals surface area contributed by atoms with Gasteiger partial charge in [0.2, 0.25) is 0 Å². The van der Waals surface area contributed by atoms with E-state index < -0.39 is 0 Å². The van der Waals surface area contributed by atoms with Crippen molar-refractivity contribution in [1.82, 2.24) is 30.2 Å². The summed E-state index contributed by atoms with van der Waals surface area (Å²) in [6, 6.07) is 7.76. The Kier molecular flexibility index (Phi) is 4.46. The van der Waals surface area contributed by atoms with E-state index in [1.807, 2.05) is 42.8 Å². The Morgan fingerprint density at radius 1 is 1.31 bits per heavy atom. The van der Waals surface area contributed by atoms with Gasteiger partial charge in [-0.05, 0) is 45.0 Å². The molecule has 0 saturated carbocycles. The number of aryl methyl sites for hydroxylation is 1. The molecule has 4 rings (SSSR count). The Morgan fingerprint density at radius 3 is 2.85 bits per heavy atom. The highest BCUT2D eigenvalue weighted by molar-refractivity contribution is 5.92. The highest BCUT2D eigenvalue weighted by atomic mass is 16.2. The molecule has 3 heterocycles. The fourth-order valence-electron chi connectivity index (χ4n) is 3.65.